The van der Waals surface area contributed by atoms with Crippen molar-refractivity contribution in [3.05, 3.63) is 99.6 Å². The lowest BCUT2D eigenvalue weighted by atomic mass is 10.2. The maximum atomic E-state index is 10.8. The Bertz CT molecular complexity index is 953. The summed E-state index contributed by atoms with van der Waals surface area (Å²) in [6.45, 7) is 2.54. The van der Waals surface area contributed by atoms with E-state index in [1.54, 1.807) is 18.3 Å². The molecule has 136 valence electrons. The highest BCUT2D eigenvalue weighted by Crippen LogP contribution is 2.17. The molecule has 0 spiro atoms. The lowest BCUT2D eigenvalue weighted by Gasteiger charge is -2.07. The molecule has 1 N–H and O–H groups in total. The number of hydrogen-bond donors (Lipinski definition) is 1. The molecule has 0 unspecified atom stereocenters. The van der Waals surface area contributed by atoms with E-state index in [4.69, 9.17) is 4.74 Å². The number of benzene rings is 3. The maximum absolute atomic E-state index is 10.8. The second-order valence-electron chi connectivity index (χ2n) is 6.02. The Morgan fingerprint density at radius 1 is 1.07 bits per heavy atom. The largest absolute Gasteiger partial charge is 0.489 e. The number of rotatable bonds is 7. The van der Waals surface area contributed by atoms with Crippen LogP contribution < -0.4 is 10.2 Å². The van der Waals surface area contributed by atoms with E-state index in [1.165, 1.54) is 17.7 Å². The Morgan fingerprint density at radius 3 is 2.63 bits per heavy atom. The van der Waals surface area contributed by atoms with Crippen molar-refractivity contribution < 1.29 is 9.66 Å². The summed E-state index contributed by atoms with van der Waals surface area (Å²) in [6, 6.07) is 21.9. The van der Waals surface area contributed by atoms with Gasteiger partial charge in [0, 0.05) is 12.1 Å². The van der Waals surface area contributed by atoms with Gasteiger partial charge in [-0.25, -0.2) is 0 Å². The monoisotopic (exact) mass is 361 g/mol. The Labute approximate surface area is 157 Å². The SMILES string of the molecule is Cc1ccc(COc2cccc(C=NNc3cccc([N+](=O)[O-])c3)c2)cc1. The van der Waals surface area contributed by atoms with Crippen LogP contribution in [0.3, 0.4) is 0 Å². The van der Waals surface area contributed by atoms with Gasteiger partial charge in [-0.1, -0.05) is 48.0 Å². The quantitative estimate of drug-likeness (QED) is 0.368. The first-order valence-corrected chi connectivity index (χ1v) is 8.42. The lowest BCUT2D eigenvalue weighted by Crippen LogP contribution is -1.96. The van der Waals surface area contributed by atoms with Crippen LogP contribution in [0.15, 0.2) is 77.9 Å². The predicted molar refractivity (Wildman–Crippen MR) is 106 cm³/mol. The lowest BCUT2D eigenvalue weighted by molar-refractivity contribution is -0.384. The van der Waals surface area contributed by atoms with Crippen molar-refractivity contribution in [2.45, 2.75) is 13.5 Å². The minimum absolute atomic E-state index is 0.0155. The molecule has 0 aliphatic heterocycles. The Balaban J connectivity index is 1.60. The van der Waals surface area contributed by atoms with E-state index in [2.05, 4.69) is 29.6 Å². The zero-order valence-corrected chi connectivity index (χ0v) is 14.8. The van der Waals surface area contributed by atoms with Crippen LogP contribution in [0.1, 0.15) is 16.7 Å². The van der Waals surface area contributed by atoms with Gasteiger partial charge < -0.3 is 4.74 Å². The average Bonchev–Trinajstić information content (AvgIpc) is 2.68. The van der Waals surface area contributed by atoms with E-state index in [1.807, 2.05) is 36.4 Å². The summed E-state index contributed by atoms with van der Waals surface area (Å²) in [5.74, 6) is 0.745. The number of non-ortho nitro benzene ring substituents is 1. The van der Waals surface area contributed by atoms with Gasteiger partial charge >= 0.3 is 0 Å². The molecule has 0 aromatic heterocycles. The third-order valence-corrected chi connectivity index (χ3v) is 3.85. The van der Waals surface area contributed by atoms with E-state index < -0.39 is 4.92 Å². The molecule has 3 aromatic rings. The summed E-state index contributed by atoms with van der Waals surface area (Å²) >= 11 is 0. The summed E-state index contributed by atoms with van der Waals surface area (Å²) < 4.78 is 5.82. The molecular weight excluding hydrogens is 342 g/mol. The van der Waals surface area contributed by atoms with Gasteiger partial charge in [0.1, 0.15) is 12.4 Å². The summed E-state index contributed by atoms with van der Waals surface area (Å²) in [5.41, 5.74) is 6.53. The van der Waals surface area contributed by atoms with Crippen LogP contribution in [0.2, 0.25) is 0 Å². The third kappa shape index (κ3) is 5.40. The van der Waals surface area contributed by atoms with Crippen LogP contribution >= 0.6 is 0 Å². The first-order valence-electron chi connectivity index (χ1n) is 8.42. The van der Waals surface area contributed by atoms with E-state index in [-0.39, 0.29) is 5.69 Å². The third-order valence-electron chi connectivity index (χ3n) is 3.85. The van der Waals surface area contributed by atoms with Crippen molar-refractivity contribution in [1.29, 1.82) is 0 Å². The highest BCUT2D eigenvalue weighted by molar-refractivity contribution is 5.80. The molecule has 0 saturated carbocycles. The molecule has 0 aliphatic carbocycles. The standard InChI is InChI=1S/C21H19N3O3/c1-16-8-10-17(11-9-16)15-27-21-7-2-4-18(12-21)14-22-23-19-5-3-6-20(13-19)24(25)26/h2-14,23H,15H2,1H3. The number of nitrogens with one attached hydrogen (secondary N) is 1. The number of hydrogen-bond acceptors (Lipinski definition) is 5. The zero-order valence-electron chi connectivity index (χ0n) is 14.8. The Morgan fingerprint density at radius 2 is 1.85 bits per heavy atom. The van der Waals surface area contributed by atoms with Gasteiger partial charge in [-0.3, -0.25) is 15.5 Å². The fourth-order valence-electron chi connectivity index (χ4n) is 2.41. The van der Waals surface area contributed by atoms with Crippen LogP contribution in [0, 0.1) is 17.0 Å². The smallest absolute Gasteiger partial charge is 0.271 e. The highest BCUT2D eigenvalue weighted by atomic mass is 16.6. The van der Waals surface area contributed by atoms with Crippen molar-refractivity contribution in [3.8, 4) is 5.75 Å². The fourth-order valence-corrected chi connectivity index (χ4v) is 2.41. The van der Waals surface area contributed by atoms with Crippen molar-refractivity contribution in [3.63, 3.8) is 0 Å². The summed E-state index contributed by atoms with van der Waals surface area (Å²) in [4.78, 5) is 10.4. The van der Waals surface area contributed by atoms with Gasteiger partial charge in [0.15, 0.2) is 0 Å². The highest BCUT2D eigenvalue weighted by Gasteiger charge is 2.04. The minimum Gasteiger partial charge on any atom is -0.489 e. The molecule has 0 atom stereocenters. The molecule has 3 rings (SSSR count). The number of nitro groups is 1. The zero-order chi connectivity index (χ0) is 19.1. The molecule has 0 heterocycles. The van der Waals surface area contributed by atoms with Gasteiger partial charge in [0.2, 0.25) is 0 Å². The summed E-state index contributed by atoms with van der Waals surface area (Å²) in [5, 5.41) is 14.9. The average molecular weight is 361 g/mol. The van der Waals surface area contributed by atoms with Gasteiger partial charge in [-0.15, -0.1) is 0 Å². The van der Waals surface area contributed by atoms with Crippen LogP contribution in [-0.4, -0.2) is 11.1 Å². The molecule has 0 saturated heterocycles. The fraction of sp³-hybridized carbons (Fsp3) is 0.0952. The number of anilines is 1. The number of nitro benzene ring substituents is 1. The van der Waals surface area contributed by atoms with E-state index in [0.29, 0.717) is 12.3 Å². The van der Waals surface area contributed by atoms with Crippen molar-refractivity contribution >= 4 is 17.6 Å². The molecule has 3 aromatic carbocycles. The van der Waals surface area contributed by atoms with Gasteiger partial charge in [0.25, 0.3) is 5.69 Å². The number of hydrazone groups is 1. The van der Waals surface area contributed by atoms with E-state index in [9.17, 15) is 10.1 Å². The molecule has 0 aliphatic rings. The first-order chi connectivity index (χ1) is 13.1. The molecular formula is C21H19N3O3. The molecule has 27 heavy (non-hydrogen) atoms. The van der Waals surface area contributed by atoms with Crippen molar-refractivity contribution in [2.24, 2.45) is 5.10 Å². The molecule has 0 amide bonds. The Hall–Kier alpha value is -3.67. The van der Waals surface area contributed by atoms with Crippen LogP contribution in [0.25, 0.3) is 0 Å². The first kappa shape index (κ1) is 18.1. The molecule has 6 heteroatoms. The number of nitrogens with zero attached hydrogens (tertiary/aromatic N) is 2. The van der Waals surface area contributed by atoms with Gasteiger partial charge in [-0.05, 0) is 36.2 Å². The maximum Gasteiger partial charge on any atom is 0.271 e. The van der Waals surface area contributed by atoms with Crippen molar-refractivity contribution in [2.75, 3.05) is 5.43 Å². The second kappa shape index (κ2) is 8.62. The topological polar surface area (TPSA) is 76.8 Å². The van der Waals surface area contributed by atoms with Gasteiger partial charge in [-0.2, -0.15) is 5.10 Å². The van der Waals surface area contributed by atoms with Crippen LogP contribution in [0.5, 0.6) is 5.75 Å². The summed E-state index contributed by atoms with van der Waals surface area (Å²) in [7, 11) is 0. The number of ether oxygens (including phenoxy) is 1. The van der Waals surface area contributed by atoms with Gasteiger partial charge in [0.05, 0.1) is 16.8 Å². The Kier molecular flexibility index (Phi) is 5.79. The number of aryl methyl sites for hydroxylation is 1. The van der Waals surface area contributed by atoms with Crippen molar-refractivity contribution in [1.82, 2.24) is 0 Å². The minimum atomic E-state index is -0.441. The normalized spacial score (nSPS) is 10.7. The molecule has 0 fully saturated rings. The summed E-state index contributed by atoms with van der Waals surface area (Å²) in [6.07, 6.45) is 1.64. The molecule has 0 radical (unpaired) electrons. The van der Waals surface area contributed by atoms with Crippen LogP contribution in [-0.2, 0) is 6.61 Å². The predicted octanol–water partition coefficient (Wildman–Crippen LogP) is 4.93. The van der Waals surface area contributed by atoms with E-state index >= 15 is 0 Å². The van der Waals surface area contributed by atoms with Crippen LogP contribution in [0.4, 0.5) is 11.4 Å². The van der Waals surface area contributed by atoms with E-state index in [0.717, 1.165) is 16.9 Å². The molecule has 6 nitrogen and oxygen atoms in total. The second-order valence-corrected chi connectivity index (χ2v) is 6.02. The molecule has 0 bridgehead atoms.